The average molecular weight is 293 g/mol. The van der Waals surface area contributed by atoms with E-state index in [9.17, 15) is 4.79 Å². The van der Waals surface area contributed by atoms with Gasteiger partial charge in [0.05, 0.1) is 13.1 Å². The van der Waals surface area contributed by atoms with Crippen LogP contribution in [0.2, 0.25) is 0 Å². The second-order valence-electron chi connectivity index (χ2n) is 4.90. The molecule has 20 heavy (non-hydrogen) atoms. The molecule has 0 spiro atoms. The van der Waals surface area contributed by atoms with Crippen LogP contribution in [0.4, 0.5) is 5.13 Å². The van der Waals surface area contributed by atoms with Crippen LogP contribution in [0.15, 0.2) is 28.1 Å². The molecule has 1 N–H and O–H groups in total. The van der Waals surface area contributed by atoms with Crippen LogP contribution in [0.3, 0.4) is 0 Å². The number of amides is 1. The summed E-state index contributed by atoms with van der Waals surface area (Å²) in [6.07, 6.45) is 1.67. The summed E-state index contributed by atoms with van der Waals surface area (Å²) in [4.78, 5) is 18.1. The van der Waals surface area contributed by atoms with Gasteiger partial charge in [0.2, 0.25) is 5.91 Å². The molecule has 0 aliphatic heterocycles. The number of thiazole rings is 1. The summed E-state index contributed by atoms with van der Waals surface area (Å²) in [5.41, 5.74) is 0. The summed E-state index contributed by atoms with van der Waals surface area (Å²) in [6, 6.07) is 4.13. The van der Waals surface area contributed by atoms with Crippen LogP contribution in [0.5, 0.6) is 0 Å². The molecule has 0 radical (unpaired) electrons. The summed E-state index contributed by atoms with van der Waals surface area (Å²) >= 11 is 1.41. The van der Waals surface area contributed by atoms with Gasteiger partial charge in [-0.1, -0.05) is 0 Å². The number of carbonyl (C=O) groups is 1. The third-order valence-corrected chi connectivity index (χ3v) is 3.60. The summed E-state index contributed by atoms with van der Waals surface area (Å²) < 4.78 is 5.57. The summed E-state index contributed by atoms with van der Waals surface area (Å²) in [7, 11) is 0. The van der Waals surface area contributed by atoms with Crippen molar-refractivity contribution in [2.75, 3.05) is 11.9 Å². The van der Waals surface area contributed by atoms with Gasteiger partial charge in [0.1, 0.15) is 11.5 Å². The second kappa shape index (κ2) is 6.67. The fourth-order valence-electron chi connectivity index (χ4n) is 1.82. The number of anilines is 1. The number of furan rings is 1. The van der Waals surface area contributed by atoms with E-state index in [1.807, 2.05) is 24.4 Å². The minimum absolute atomic E-state index is 0.0584. The molecule has 2 aromatic heterocycles. The standard InChI is InChI=1S/C14H19N3O2S/c1-10(2)17(8-12-5-4-11(3)19-12)9-13(18)16-14-15-6-7-20-14/h4-7,10H,8-9H2,1-3H3,(H,15,16,18). The van der Waals surface area contributed by atoms with Crippen LogP contribution >= 0.6 is 11.3 Å². The Morgan fingerprint density at radius 1 is 1.50 bits per heavy atom. The van der Waals surface area contributed by atoms with Crippen LogP contribution < -0.4 is 5.32 Å². The van der Waals surface area contributed by atoms with E-state index < -0.39 is 0 Å². The van der Waals surface area contributed by atoms with Gasteiger partial charge in [-0.2, -0.15) is 0 Å². The smallest absolute Gasteiger partial charge is 0.240 e. The molecular formula is C14H19N3O2S. The number of hydrogen-bond donors (Lipinski definition) is 1. The van der Waals surface area contributed by atoms with Gasteiger partial charge in [-0.3, -0.25) is 9.69 Å². The van der Waals surface area contributed by atoms with Crippen molar-refractivity contribution in [2.45, 2.75) is 33.4 Å². The van der Waals surface area contributed by atoms with Crippen molar-refractivity contribution in [1.29, 1.82) is 0 Å². The van der Waals surface area contributed by atoms with Gasteiger partial charge in [0.25, 0.3) is 0 Å². The molecule has 0 atom stereocenters. The Kier molecular flexibility index (Phi) is 4.92. The molecule has 0 fully saturated rings. The molecule has 2 aromatic rings. The minimum atomic E-state index is -0.0584. The molecular weight excluding hydrogens is 274 g/mol. The van der Waals surface area contributed by atoms with Gasteiger partial charge in [0.15, 0.2) is 5.13 Å². The van der Waals surface area contributed by atoms with Crippen LogP contribution in [0.25, 0.3) is 0 Å². The Hall–Kier alpha value is -1.66. The Labute approximate surface area is 122 Å². The molecule has 0 unspecified atom stereocenters. The first kappa shape index (κ1) is 14.7. The lowest BCUT2D eigenvalue weighted by Gasteiger charge is -2.24. The summed E-state index contributed by atoms with van der Waals surface area (Å²) in [5.74, 6) is 1.70. The predicted molar refractivity (Wildman–Crippen MR) is 79.7 cm³/mol. The molecule has 2 heterocycles. The summed E-state index contributed by atoms with van der Waals surface area (Å²) in [5, 5.41) is 5.26. The van der Waals surface area contributed by atoms with Crippen molar-refractivity contribution in [2.24, 2.45) is 0 Å². The number of aromatic nitrogens is 1. The van der Waals surface area contributed by atoms with Gasteiger partial charge in [0, 0.05) is 17.6 Å². The highest BCUT2D eigenvalue weighted by atomic mass is 32.1. The molecule has 0 bridgehead atoms. The van der Waals surface area contributed by atoms with E-state index in [0.717, 1.165) is 11.5 Å². The van der Waals surface area contributed by atoms with Crippen LogP contribution in [-0.2, 0) is 11.3 Å². The monoisotopic (exact) mass is 293 g/mol. The van der Waals surface area contributed by atoms with Gasteiger partial charge in [-0.15, -0.1) is 11.3 Å². The molecule has 0 aliphatic rings. The van der Waals surface area contributed by atoms with Gasteiger partial charge >= 0.3 is 0 Å². The van der Waals surface area contributed by atoms with Crippen molar-refractivity contribution in [1.82, 2.24) is 9.88 Å². The van der Waals surface area contributed by atoms with E-state index in [2.05, 4.69) is 29.0 Å². The number of nitrogens with zero attached hydrogens (tertiary/aromatic N) is 2. The molecule has 0 aromatic carbocycles. The maximum Gasteiger partial charge on any atom is 0.240 e. The molecule has 108 valence electrons. The lowest BCUT2D eigenvalue weighted by molar-refractivity contribution is -0.117. The Bertz CT molecular complexity index is 549. The Morgan fingerprint density at radius 2 is 2.30 bits per heavy atom. The van der Waals surface area contributed by atoms with Crippen LogP contribution in [0, 0.1) is 6.92 Å². The van der Waals surface area contributed by atoms with Gasteiger partial charge < -0.3 is 9.73 Å². The van der Waals surface area contributed by atoms with E-state index in [1.54, 1.807) is 6.20 Å². The molecule has 5 nitrogen and oxygen atoms in total. The molecule has 6 heteroatoms. The highest BCUT2D eigenvalue weighted by Gasteiger charge is 2.16. The maximum atomic E-state index is 12.0. The molecule has 0 aliphatic carbocycles. The Morgan fingerprint density at radius 3 is 2.85 bits per heavy atom. The minimum Gasteiger partial charge on any atom is -0.465 e. The van der Waals surface area contributed by atoms with E-state index in [0.29, 0.717) is 18.2 Å². The highest BCUT2D eigenvalue weighted by Crippen LogP contribution is 2.13. The molecule has 0 saturated carbocycles. The van der Waals surface area contributed by atoms with Crippen molar-refractivity contribution in [3.8, 4) is 0 Å². The lowest BCUT2D eigenvalue weighted by Crippen LogP contribution is -2.37. The third-order valence-electron chi connectivity index (χ3n) is 2.91. The zero-order chi connectivity index (χ0) is 14.5. The van der Waals surface area contributed by atoms with Crippen molar-refractivity contribution >= 4 is 22.4 Å². The first-order valence-corrected chi connectivity index (χ1v) is 7.41. The highest BCUT2D eigenvalue weighted by molar-refractivity contribution is 7.13. The largest absolute Gasteiger partial charge is 0.465 e. The van der Waals surface area contributed by atoms with E-state index in [4.69, 9.17) is 4.42 Å². The zero-order valence-electron chi connectivity index (χ0n) is 11.9. The van der Waals surface area contributed by atoms with E-state index >= 15 is 0 Å². The number of nitrogens with one attached hydrogen (secondary N) is 1. The first-order valence-electron chi connectivity index (χ1n) is 6.53. The van der Waals surface area contributed by atoms with Crippen LogP contribution in [-0.4, -0.2) is 28.4 Å². The first-order chi connectivity index (χ1) is 9.54. The third kappa shape index (κ3) is 4.18. The van der Waals surface area contributed by atoms with E-state index in [-0.39, 0.29) is 11.9 Å². The fourth-order valence-corrected chi connectivity index (χ4v) is 2.36. The number of aryl methyl sites for hydroxylation is 1. The van der Waals surface area contributed by atoms with Gasteiger partial charge in [-0.05, 0) is 32.9 Å². The molecule has 1 amide bonds. The lowest BCUT2D eigenvalue weighted by atomic mass is 10.3. The number of rotatable bonds is 6. The SMILES string of the molecule is Cc1ccc(CN(CC(=O)Nc2nccs2)C(C)C)o1. The molecule has 2 rings (SSSR count). The fraction of sp³-hybridized carbons (Fsp3) is 0.429. The van der Waals surface area contributed by atoms with Crippen molar-refractivity contribution in [3.63, 3.8) is 0 Å². The van der Waals surface area contributed by atoms with Crippen LogP contribution in [0.1, 0.15) is 25.4 Å². The van der Waals surface area contributed by atoms with Crippen molar-refractivity contribution < 1.29 is 9.21 Å². The average Bonchev–Trinajstić information content (AvgIpc) is 3.00. The quantitative estimate of drug-likeness (QED) is 0.889. The van der Waals surface area contributed by atoms with Crippen molar-refractivity contribution in [3.05, 3.63) is 35.2 Å². The topological polar surface area (TPSA) is 58.4 Å². The predicted octanol–water partition coefficient (Wildman–Crippen LogP) is 2.89. The van der Waals surface area contributed by atoms with Gasteiger partial charge in [-0.25, -0.2) is 4.98 Å². The normalized spacial score (nSPS) is 11.2. The summed E-state index contributed by atoms with van der Waals surface area (Å²) in [6.45, 7) is 6.98. The molecule has 0 saturated heterocycles. The Balaban J connectivity index is 1.93. The maximum absolute atomic E-state index is 12.0. The number of carbonyl (C=O) groups excluding carboxylic acids is 1. The zero-order valence-corrected chi connectivity index (χ0v) is 12.7. The number of hydrogen-bond acceptors (Lipinski definition) is 5. The van der Waals surface area contributed by atoms with E-state index in [1.165, 1.54) is 11.3 Å². The second-order valence-corrected chi connectivity index (χ2v) is 5.79.